The Morgan fingerprint density at radius 1 is 1.21 bits per heavy atom. The predicted octanol–water partition coefficient (Wildman–Crippen LogP) is 1.48. The van der Waals surface area contributed by atoms with Gasteiger partial charge in [0.15, 0.2) is 5.03 Å². The van der Waals surface area contributed by atoms with Crippen LogP contribution in [0.1, 0.15) is 58.8 Å². The minimum Gasteiger partial charge on any atom is -0.390 e. The Morgan fingerprint density at radius 2 is 1.92 bits per heavy atom. The van der Waals surface area contributed by atoms with E-state index in [1.807, 2.05) is 0 Å². The maximum Gasteiger partial charge on any atom is 0.318 e. The molecule has 1 aliphatic carbocycles. The minimum absolute atomic E-state index is 0.0511. The zero-order valence-corrected chi connectivity index (χ0v) is 23.2. The van der Waals surface area contributed by atoms with E-state index >= 15 is 0 Å². The molecule has 11 nitrogen and oxygen atoms in total. The van der Waals surface area contributed by atoms with Gasteiger partial charge < -0.3 is 25.4 Å². The molecule has 0 bridgehead atoms. The first kappa shape index (κ1) is 28.7. The first-order chi connectivity index (χ1) is 18.1. The fraction of sp³-hybridized carbons (Fsp3) is 0.731. The van der Waals surface area contributed by atoms with E-state index in [0.29, 0.717) is 45.6 Å². The molecule has 12 heteroatoms. The molecule has 1 aromatic rings. The monoisotopic (exact) mass is 551 g/mol. The summed E-state index contributed by atoms with van der Waals surface area (Å²) < 4.78 is 33.1. The summed E-state index contributed by atoms with van der Waals surface area (Å²) in [5.41, 5.74) is -0.0511. The van der Waals surface area contributed by atoms with Crippen LogP contribution in [0.25, 0.3) is 0 Å². The van der Waals surface area contributed by atoms with Gasteiger partial charge in [-0.15, -0.1) is 0 Å². The molecule has 38 heavy (non-hydrogen) atoms. The number of morpholine rings is 1. The van der Waals surface area contributed by atoms with Crippen molar-refractivity contribution in [1.82, 2.24) is 24.8 Å². The molecule has 0 spiro atoms. The Hall–Kier alpha value is -2.28. The molecule has 1 saturated carbocycles. The number of hydrogen-bond donors (Lipinski definition) is 3. The number of ether oxygens (including phenoxy) is 1. The smallest absolute Gasteiger partial charge is 0.318 e. The standard InChI is InChI=1S/C26H41N5O6S/c1-19-8-9-20(22(32)18-31(19)38(35,36)23-7-3-6-12-27-23)28-24(33)21(17-26(2)10-4-5-11-26)29-25(34)30-13-15-37-16-14-30/h3,6-7,12,19-22,32H,4-5,8-11,13-18H2,1-2H3,(H,28,33)(H,29,34)/t19-,20+,21?,22+/m1/s1. The Kier molecular flexibility index (Phi) is 9.27. The van der Waals surface area contributed by atoms with Crippen LogP contribution in [0.15, 0.2) is 29.4 Å². The molecule has 3 N–H and O–H groups in total. The molecular weight excluding hydrogens is 510 g/mol. The summed E-state index contributed by atoms with van der Waals surface area (Å²) in [6, 6.07) is 2.61. The number of sulfonamides is 1. The van der Waals surface area contributed by atoms with Crippen LogP contribution in [0.4, 0.5) is 4.79 Å². The maximum atomic E-state index is 13.6. The van der Waals surface area contributed by atoms with Crippen LogP contribution in [0.3, 0.4) is 0 Å². The molecule has 0 radical (unpaired) electrons. The van der Waals surface area contributed by atoms with Crippen molar-refractivity contribution in [3.8, 4) is 0 Å². The summed E-state index contributed by atoms with van der Waals surface area (Å²) >= 11 is 0. The van der Waals surface area contributed by atoms with Crippen molar-refractivity contribution in [2.45, 2.75) is 88.0 Å². The second kappa shape index (κ2) is 12.3. The van der Waals surface area contributed by atoms with E-state index < -0.39 is 28.2 Å². The van der Waals surface area contributed by atoms with Crippen molar-refractivity contribution < 1.29 is 27.9 Å². The van der Waals surface area contributed by atoms with E-state index in [4.69, 9.17) is 4.74 Å². The summed E-state index contributed by atoms with van der Waals surface area (Å²) in [7, 11) is -3.91. The van der Waals surface area contributed by atoms with Gasteiger partial charge >= 0.3 is 6.03 Å². The van der Waals surface area contributed by atoms with E-state index in [9.17, 15) is 23.1 Å². The average molecular weight is 552 g/mol. The van der Waals surface area contributed by atoms with Gasteiger partial charge in [0.25, 0.3) is 10.0 Å². The lowest BCUT2D eigenvalue weighted by Crippen LogP contribution is -2.57. The molecule has 3 aliphatic rings. The third-order valence-electron chi connectivity index (χ3n) is 8.18. The lowest BCUT2D eigenvalue weighted by molar-refractivity contribution is -0.125. The molecule has 1 unspecified atom stereocenters. The SMILES string of the molecule is C[C@@H]1CC[C@H](NC(=O)C(CC2(C)CCCC2)NC(=O)N2CCOCC2)[C@@H](O)CN1S(=O)(=O)c1ccccn1. The highest BCUT2D eigenvalue weighted by Gasteiger charge is 2.40. The number of carbonyl (C=O) groups excluding carboxylic acids is 2. The number of pyridine rings is 1. The number of aromatic nitrogens is 1. The third kappa shape index (κ3) is 6.83. The molecular formula is C26H41N5O6S. The molecule has 3 heterocycles. The van der Waals surface area contributed by atoms with Gasteiger partial charge in [-0.1, -0.05) is 25.8 Å². The third-order valence-corrected chi connectivity index (χ3v) is 10.1. The Bertz CT molecular complexity index is 1060. The molecule has 4 rings (SSSR count). The molecule has 2 aliphatic heterocycles. The molecule has 3 amide bonds. The normalized spacial score (nSPS) is 27.3. The van der Waals surface area contributed by atoms with E-state index in [-0.39, 0.29) is 35.0 Å². The lowest BCUT2D eigenvalue weighted by atomic mass is 9.81. The fourth-order valence-electron chi connectivity index (χ4n) is 5.80. The second-order valence-corrected chi connectivity index (χ2v) is 13.0. The number of nitrogens with one attached hydrogen (secondary N) is 2. The van der Waals surface area contributed by atoms with Gasteiger partial charge in [-0.2, -0.15) is 4.31 Å². The fourth-order valence-corrected chi connectivity index (χ4v) is 7.41. The molecule has 1 aromatic heterocycles. The van der Waals surface area contributed by atoms with Gasteiger partial charge in [0.2, 0.25) is 5.91 Å². The number of aliphatic hydroxyl groups excluding tert-OH is 1. The number of aliphatic hydroxyl groups is 1. The van der Waals surface area contributed by atoms with Crippen molar-refractivity contribution in [2.75, 3.05) is 32.8 Å². The molecule has 0 aromatic carbocycles. The minimum atomic E-state index is -3.91. The zero-order chi connectivity index (χ0) is 27.3. The highest BCUT2D eigenvalue weighted by molar-refractivity contribution is 7.89. The van der Waals surface area contributed by atoms with Gasteiger partial charge in [-0.3, -0.25) is 4.79 Å². The van der Waals surface area contributed by atoms with Gasteiger partial charge in [-0.05, 0) is 56.6 Å². The van der Waals surface area contributed by atoms with Crippen LogP contribution in [-0.4, -0.2) is 96.7 Å². The van der Waals surface area contributed by atoms with Crippen molar-refractivity contribution in [1.29, 1.82) is 0 Å². The number of β-amino-alcohol motifs (C(OH)–C–C–N with tert-alkyl or cyclic N) is 1. The van der Waals surface area contributed by atoms with E-state index in [2.05, 4.69) is 22.5 Å². The largest absolute Gasteiger partial charge is 0.390 e. The number of hydrogen-bond acceptors (Lipinski definition) is 7. The van der Waals surface area contributed by atoms with Crippen molar-refractivity contribution in [2.24, 2.45) is 5.41 Å². The van der Waals surface area contributed by atoms with E-state index in [1.165, 1.54) is 16.6 Å². The highest BCUT2D eigenvalue weighted by atomic mass is 32.2. The summed E-state index contributed by atoms with van der Waals surface area (Å²) in [5.74, 6) is -0.350. The summed E-state index contributed by atoms with van der Waals surface area (Å²) in [4.78, 5) is 32.2. The van der Waals surface area contributed by atoms with E-state index in [1.54, 1.807) is 24.0 Å². The van der Waals surface area contributed by atoms with E-state index in [0.717, 1.165) is 25.7 Å². The van der Waals surface area contributed by atoms with Crippen LogP contribution >= 0.6 is 0 Å². The van der Waals surface area contributed by atoms with Crippen LogP contribution in [0, 0.1) is 5.41 Å². The summed E-state index contributed by atoms with van der Waals surface area (Å²) in [6.07, 6.45) is 5.87. The van der Waals surface area contributed by atoms with Crippen LogP contribution in [-0.2, 0) is 19.6 Å². The number of amides is 3. The molecule has 3 fully saturated rings. The van der Waals surface area contributed by atoms with Crippen molar-refractivity contribution in [3.63, 3.8) is 0 Å². The lowest BCUT2D eigenvalue weighted by Gasteiger charge is -2.33. The summed E-state index contributed by atoms with van der Waals surface area (Å²) in [5, 5.41) is 16.9. The molecule has 2 saturated heterocycles. The van der Waals surface area contributed by atoms with Crippen molar-refractivity contribution in [3.05, 3.63) is 24.4 Å². The van der Waals surface area contributed by atoms with Gasteiger partial charge in [-0.25, -0.2) is 18.2 Å². The molecule has 212 valence electrons. The first-order valence-corrected chi connectivity index (χ1v) is 15.1. The Morgan fingerprint density at radius 3 is 2.58 bits per heavy atom. The zero-order valence-electron chi connectivity index (χ0n) is 22.3. The Labute approximate surface area is 225 Å². The second-order valence-electron chi connectivity index (χ2n) is 11.2. The topological polar surface area (TPSA) is 141 Å². The predicted molar refractivity (Wildman–Crippen MR) is 141 cm³/mol. The van der Waals surface area contributed by atoms with Gasteiger partial charge in [0.1, 0.15) is 6.04 Å². The Balaban J connectivity index is 1.46. The highest BCUT2D eigenvalue weighted by Crippen LogP contribution is 2.41. The number of nitrogens with zero attached hydrogens (tertiary/aromatic N) is 3. The van der Waals surface area contributed by atoms with Crippen molar-refractivity contribution >= 4 is 22.0 Å². The molecule has 4 atom stereocenters. The number of urea groups is 1. The summed E-state index contributed by atoms with van der Waals surface area (Å²) in [6.45, 7) is 5.66. The van der Waals surface area contributed by atoms with Gasteiger partial charge in [0, 0.05) is 31.9 Å². The number of carbonyl (C=O) groups is 2. The average Bonchev–Trinajstić information content (AvgIpc) is 3.29. The van der Waals surface area contributed by atoms with Crippen LogP contribution in [0.2, 0.25) is 0 Å². The van der Waals surface area contributed by atoms with Crippen LogP contribution in [0.5, 0.6) is 0 Å². The number of rotatable bonds is 7. The quantitative estimate of drug-likeness (QED) is 0.466. The maximum absolute atomic E-state index is 13.6. The van der Waals surface area contributed by atoms with Crippen LogP contribution < -0.4 is 10.6 Å². The van der Waals surface area contributed by atoms with Gasteiger partial charge in [0.05, 0.1) is 25.4 Å². The first-order valence-electron chi connectivity index (χ1n) is 13.6.